The molecule has 0 spiro atoms. The van der Waals surface area contributed by atoms with Gasteiger partial charge in [-0.15, -0.1) is 0 Å². The van der Waals surface area contributed by atoms with Crippen molar-refractivity contribution in [3.05, 3.63) is 34.4 Å². The minimum Gasteiger partial charge on any atom is -0.381 e. The van der Waals surface area contributed by atoms with E-state index in [-0.39, 0.29) is 5.41 Å². The van der Waals surface area contributed by atoms with Gasteiger partial charge < -0.3 is 15.0 Å². The number of amides is 1. The number of rotatable bonds is 3. The highest BCUT2D eigenvalue weighted by Crippen LogP contribution is 2.36. The van der Waals surface area contributed by atoms with E-state index >= 15 is 0 Å². The Balaban J connectivity index is 1.57. The zero-order valence-corrected chi connectivity index (χ0v) is 17.9. The first-order valence-electron chi connectivity index (χ1n) is 11.2. The first kappa shape index (κ1) is 19.9. The summed E-state index contributed by atoms with van der Waals surface area (Å²) in [5, 5.41) is 3.69. The smallest absolute Gasteiger partial charge is 0.223 e. The van der Waals surface area contributed by atoms with Crippen LogP contribution in [0.4, 0.5) is 0 Å². The molecule has 28 heavy (non-hydrogen) atoms. The van der Waals surface area contributed by atoms with Gasteiger partial charge in [-0.1, -0.05) is 32.9 Å². The maximum atomic E-state index is 13.0. The summed E-state index contributed by atoms with van der Waals surface area (Å²) in [6, 6.07) is 5.28. The summed E-state index contributed by atoms with van der Waals surface area (Å²) in [5.41, 5.74) is 5.91. The number of ether oxygens (including phenoxy) is 1. The van der Waals surface area contributed by atoms with Crippen LogP contribution in [-0.4, -0.2) is 37.1 Å². The minimum atomic E-state index is 0.151. The number of carbonyl (C=O) groups excluding carboxylic acids is 1. The standard InChI is InChI=1S/C24H36N2O2/c1-24(2,3)19-14-18-6-10-26(23(27)13-17-7-11-28-12-8-17)16-21(18)20(15-19)22-5-4-9-25-22/h14-15,17,22,25H,4-13,16H2,1-3H3/t22-/m0/s1. The zero-order chi connectivity index (χ0) is 19.7. The Morgan fingerprint density at radius 1 is 1.21 bits per heavy atom. The van der Waals surface area contributed by atoms with Gasteiger partial charge in [-0.3, -0.25) is 4.79 Å². The molecule has 1 atom stereocenters. The Morgan fingerprint density at radius 2 is 2.00 bits per heavy atom. The Bertz CT molecular complexity index is 710. The van der Waals surface area contributed by atoms with Crippen molar-refractivity contribution < 1.29 is 9.53 Å². The van der Waals surface area contributed by atoms with E-state index in [1.54, 1.807) is 0 Å². The van der Waals surface area contributed by atoms with E-state index in [4.69, 9.17) is 4.74 Å². The van der Waals surface area contributed by atoms with Crippen molar-refractivity contribution in [1.82, 2.24) is 10.2 Å². The van der Waals surface area contributed by atoms with Crippen LogP contribution < -0.4 is 5.32 Å². The number of benzene rings is 1. The first-order chi connectivity index (χ1) is 13.4. The monoisotopic (exact) mass is 384 g/mol. The molecule has 0 unspecified atom stereocenters. The third-order valence-electron chi connectivity index (χ3n) is 6.84. The molecule has 0 aromatic heterocycles. The molecule has 154 valence electrons. The average Bonchev–Trinajstić information content (AvgIpc) is 3.21. The lowest BCUT2D eigenvalue weighted by Gasteiger charge is -2.34. The van der Waals surface area contributed by atoms with Crippen LogP contribution in [0, 0.1) is 5.92 Å². The van der Waals surface area contributed by atoms with Gasteiger partial charge in [-0.25, -0.2) is 0 Å². The summed E-state index contributed by atoms with van der Waals surface area (Å²) >= 11 is 0. The fourth-order valence-electron chi connectivity index (χ4n) is 4.93. The molecule has 0 saturated carbocycles. The quantitative estimate of drug-likeness (QED) is 0.853. The number of hydrogen-bond donors (Lipinski definition) is 1. The van der Waals surface area contributed by atoms with Gasteiger partial charge in [0, 0.05) is 38.8 Å². The van der Waals surface area contributed by atoms with Gasteiger partial charge in [0.2, 0.25) is 5.91 Å². The van der Waals surface area contributed by atoms with Gasteiger partial charge in [0.1, 0.15) is 0 Å². The Morgan fingerprint density at radius 3 is 2.68 bits per heavy atom. The predicted octanol–water partition coefficient (Wildman–Crippen LogP) is 4.11. The molecule has 1 aromatic rings. The Kier molecular flexibility index (Phi) is 5.80. The van der Waals surface area contributed by atoms with Crippen molar-refractivity contribution >= 4 is 5.91 Å². The summed E-state index contributed by atoms with van der Waals surface area (Å²) < 4.78 is 5.45. The molecular weight excluding hydrogens is 348 g/mol. The minimum absolute atomic E-state index is 0.151. The van der Waals surface area contributed by atoms with Crippen LogP contribution >= 0.6 is 0 Å². The van der Waals surface area contributed by atoms with E-state index in [1.807, 2.05) is 0 Å². The van der Waals surface area contributed by atoms with Crippen molar-refractivity contribution in [2.24, 2.45) is 5.92 Å². The van der Waals surface area contributed by atoms with E-state index in [1.165, 1.54) is 35.1 Å². The molecule has 0 bridgehead atoms. The number of carbonyl (C=O) groups is 1. The van der Waals surface area contributed by atoms with Crippen molar-refractivity contribution in [2.45, 2.75) is 77.3 Å². The van der Waals surface area contributed by atoms with Crippen LogP contribution in [0.3, 0.4) is 0 Å². The highest BCUT2D eigenvalue weighted by molar-refractivity contribution is 5.77. The predicted molar refractivity (Wildman–Crippen MR) is 112 cm³/mol. The lowest BCUT2D eigenvalue weighted by Crippen LogP contribution is -2.38. The van der Waals surface area contributed by atoms with Crippen molar-refractivity contribution in [2.75, 3.05) is 26.3 Å². The van der Waals surface area contributed by atoms with Gasteiger partial charge >= 0.3 is 0 Å². The SMILES string of the molecule is CC(C)(C)c1cc2c(c([C@@H]3CCCN3)c1)CN(C(=O)CC1CCOCC1)CC2. The van der Waals surface area contributed by atoms with Crippen molar-refractivity contribution in [3.8, 4) is 0 Å². The molecule has 0 aliphatic carbocycles. The topological polar surface area (TPSA) is 41.6 Å². The average molecular weight is 385 g/mol. The summed E-state index contributed by atoms with van der Waals surface area (Å²) in [6.45, 7) is 11.3. The molecule has 3 aliphatic rings. The molecular formula is C24H36N2O2. The second-order valence-corrected chi connectivity index (χ2v) is 9.93. The molecule has 4 heteroatoms. The molecule has 2 saturated heterocycles. The van der Waals surface area contributed by atoms with E-state index in [0.717, 1.165) is 52.1 Å². The lowest BCUT2D eigenvalue weighted by atomic mass is 9.80. The van der Waals surface area contributed by atoms with E-state index in [0.29, 0.717) is 24.3 Å². The largest absolute Gasteiger partial charge is 0.381 e. The highest BCUT2D eigenvalue weighted by Gasteiger charge is 2.30. The highest BCUT2D eigenvalue weighted by atomic mass is 16.5. The van der Waals surface area contributed by atoms with Crippen LogP contribution in [0.1, 0.15) is 81.2 Å². The van der Waals surface area contributed by atoms with Crippen molar-refractivity contribution in [3.63, 3.8) is 0 Å². The van der Waals surface area contributed by atoms with Crippen molar-refractivity contribution in [1.29, 1.82) is 0 Å². The summed E-state index contributed by atoms with van der Waals surface area (Å²) in [7, 11) is 0. The van der Waals surface area contributed by atoms with Crippen LogP contribution in [0.5, 0.6) is 0 Å². The van der Waals surface area contributed by atoms with Gasteiger partial charge in [-0.2, -0.15) is 0 Å². The molecule has 1 N–H and O–H groups in total. The number of hydrogen-bond acceptors (Lipinski definition) is 3. The van der Waals surface area contributed by atoms with Gasteiger partial charge in [-0.05, 0) is 72.2 Å². The van der Waals surface area contributed by atoms with Crippen LogP contribution in [0.2, 0.25) is 0 Å². The third kappa shape index (κ3) is 4.28. The fourth-order valence-corrected chi connectivity index (χ4v) is 4.93. The van der Waals surface area contributed by atoms with E-state index in [2.05, 4.69) is 43.1 Å². The lowest BCUT2D eigenvalue weighted by molar-refractivity contribution is -0.133. The van der Waals surface area contributed by atoms with Crippen LogP contribution in [0.25, 0.3) is 0 Å². The van der Waals surface area contributed by atoms with Gasteiger partial charge in [0.05, 0.1) is 0 Å². The second-order valence-electron chi connectivity index (χ2n) is 9.93. The fraction of sp³-hybridized carbons (Fsp3) is 0.708. The number of fused-ring (bicyclic) bond motifs is 1. The third-order valence-corrected chi connectivity index (χ3v) is 6.84. The zero-order valence-electron chi connectivity index (χ0n) is 17.9. The molecule has 3 aliphatic heterocycles. The van der Waals surface area contributed by atoms with Gasteiger partial charge in [0.15, 0.2) is 0 Å². The summed E-state index contributed by atoms with van der Waals surface area (Å²) in [6.07, 6.45) is 6.18. The molecule has 3 heterocycles. The molecule has 2 fully saturated rings. The second kappa shape index (κ2) is 8.16. The van der Waals surface area contributed by atoms with Gasteiger partial charge in [0.25, 0.3) is 0 Å². The van der Waals surface area contributed by atoms with Crippen LogP contribution in [-0.2, 0) is 27.9 Å². The Labute approximate surface area is 170 Å². The van der Waals surface area contributed by atoms with E-state index in [9.17, 15) is 4.79 Å². The Hall–Kier alpha value is -1.39. The molecule has 1 amide bonds. The molecule has 0 radical (unpaired) electrons. The normalized spacial score (nSPS) is 23.7. The molecule has 4 nitrogen and oxygen atoms in total. The molecule has 4 rings (SSSR count). The maximum Gasteiger partial charge on any atom is 0.223 e. The van der Waals surface area contributed by atoms with Crippen LogP contribution in [0.15, 0.2) is 12.1 Å². The summed E-state index contributed by atoms with van der Waals surface area (Å²) in [4.78, 5) is 15.1. The number of nitrogens with zero attached hydrogens (tertiary/aromatic N) is 1. The molecule has 1 aromatic carbocycles. The first-order valence-corrected chi connectivity index (χ1v) is 11.2. The summed E-state index contributed by atoms with van der Waals surface area (Å²) in [5.74, 6) is 0.838. The number of nitrogens with one attached hydrogen (secondary N) is 1. The maximum absolute atomic E-state index is 13.0. The van der Waals surface area contributed by atoms with E-state index < -0.39 is 0 Å².